The van der Waals surface area contributed by atoms with E-state index >= 15 is 0 Å². The summed E-state index contributed by atoms with van der Waals surface area (Å²) < 4.78 is 5.59. The first-order chi connectivity index (χ1) is 10.6. The number of fused-ring (bicyclic) bond motifs is 1. The topological polar surface area (TPSA) is 70.6 Å². The van der Waals surface area contributed by atoms with Crippen molar-refractivity contribution < 1.29 is 14.6 Å². The molecule has 0 saturated heterocycles. The predicted octanol–water partition coefficient (Wildman–Crippen LogP) is 2.42. The predicted molar refractivity (Wildman–Crippen MR) is 84.0 cm³/mol. The molecule has 5 heteroatoms. The average Bonchev–Trinajstić information content (AvgIpc) is 2.88. The van der Waals surface area contributed by atoms with Crippen LogP contribution in [0, 0.1) is 6.92 Å². The summed E-state index contributed by atoms with van der Waals surface area (Å²) in [5.41, 5.74) is 1.43. The van der Waals surface area contributed by atoms with E-state index in [2.05, 4.69) is 10.6 Å². The standard InChI is InChI=1S/C17H24N2O3/c1-12-5-6-15-13(9-12)14(10-22-15)19-16(20)18-11-17(21)7-3-2-4-8-17/h5-6,9,14,21H,2-4,7-8,10-11H2,1H3,(H2,18,19,20). The first-order valence-electron chi connectivity index (χ1n) is 8.06. The Morgan fingerprint density at radius 3 is 2.91 bits per heavy atom. The van der Waals surface area contributed by atoms with E-state index in [0.29, 0.717) is 13.2 Å². The van der Waals surface area contributed by atoms with Crippen molar-refractivity contribution in [3.05, 3.63) is 29.3 Å². The number of hydrogen-bond donors (Lipinski definition) is 3. The van der Waals surface area contributed by atoms with Crippen LogP contribution in [0.4, 0.5) is 4.79 Å². The molecule has 22 heavy (non-hydrogen) atoms. The van der Waals surface area contributed by atoms with Crippen molar-refractivity contribution >= 4 is 6.03 Å². The number of ether oxygens (including phenoxy) is 1. The molecule has 2 aliphatic rings. The van der Waals surface area contributed by atoms with Gasteiger partial charge in [-0.15, -0.1) is 0 Å². The molecule has 1 aliphatic heterocycles. The number of nitrogens with one attached hydrogen (secondary N) is 2. The molecule has 1 aromatic carbocycles. The van der Waals surface area contributed by atoms with Crippen LogP contribution < -0.4 is 15.4 Å². The summed E-state index contributed by atoms with van der Waals surface area (Å²) in [6.45, 7) is 2.79. The largest absolute Gasteiger partial charge is 0.491 e. The van der Waals surface area contributed by atoms with Crippen molar-refractivity contribution in [3.63, 3.8) is 0 Å². The van der Waals surface area contributed by atoms with E-state index in [9.17, 15) is 9.90 Å². The Balaban J connectivity index is 1.54. The molecule has 1 saturated carbocycles. The normalized spacial score (nSPS) is 22.5. The Kier molecular flexibility index (Phi) is 4.25. The highest BCUT2D eigenvalue weighted by molar-refractivity contribution is 5.75. The van der Waals surface area contributed by atoms with Gasteiger partial charge in [-0.1, -0.05) is 37.0 Å². The molecule has 1 unspecified atom stereocenters. The maximum Gasteiger partial charge on any atom is 0.315 e. The van der Waals surface area contributed by atoms with Gasteiger partial charge in [-0.3, -0.25) is 0 Å². The Morgan fingerprint density at radius 1 is 1.36 bits per heavy atom. The van der Waals surface area contributed by atoms with E-state index in [-0.39, 0.29) is 12.1 Å². The third-order valence-electron chi connectivity index (χ3n) is 4.61. The minimum atomic E-state index is -0.740. The smallest absolute Gasteiger partial charge is 0.315 e. The second-order valence-corrected chi connectivity index (χ2v) is 6.52. The minimum Gasteiger partial charge on any atom is -0.491 e. The Hall–Kier alpha value is -1.75. The lowest BCUT2D eigenvalue weighted by atomic mass is 9.85. The third-order valence-corrected chi connectivity index (χ3v) is 4.61. The van der Waals surface area contributed by atoms with Crippen LogP contribution in [-0.2, 0) is 0 Å². The first-order valence-corrected chi connectivity index (χ1v) is 8.06. The third kappa shape index (κ3) is 3.35. The number of benzene rings is 1. The molecule has 3 N–H and O–H groups in total. The van der Waals surface area contributed by atoms with Crippen LogP contribution in [-0.4, -0.2) is 29.9 Å². The van der Waals surface area contributed by atoms with E-state index in [0.717, 1.165) is 42.6 Å². The van der Waals surface area contributed by atoms with Crippen molar-refractivity contribution in [2.24, 2.45) is 0 Å². The SMILES string of the molecule is Cc1ccc2c(c1)C(NC(=O)NCC1(O)CCCCC1)CO2. The molecule has 1 heterocycles. The number of hydrogen-bond acceptors (Lipinski definition) is 3. The lowest BCUT2D eigenvalue weighted by Gasteiger charge is -2.32. The van der Waals surface area contributed by atoms with Crippen LogP contribution in [0.3, 0.4) is 0 Å². The molecule has 1 aromatic rings. The van der Waals surface area contributed by atoms with E-state index < -0.39 is 5.60 Å². The number of aryl methyl sites for hydroxylation is 1. The number of carbonyl (C=O) groups excluding carboxylic acids is 1. The Labute approximate surface area is 131 Å². The summed E-state index contributed by atoms with van der Waals surface area (Å²) in [5, 5.41) is 16.2. The van der Waals surface area contributed by atoms with Gasteiger partial charge in [-0.25, -0.2) is 4.79 Å². The molecule has 0 aromatic heterocycles. The number of urea groups is 1. The fraction of sp³-hybridized carbons (Fsp3) is 0.588. The van der Waals surface area contributed by atoms with Crippen LogP contribution >= 0.6 is 0 Å². The van der Waals surface area contributed by atoms with Crippen LogP contribution in [0.25, 0.3) is 0 Å². The molecule has 120 valence electrons. The van der Waals surface area contributed by atoms with Crippen LogP contribution in [0.1, 0.15) is 49.3 Å². The van der Waals surface area contributed by atoms with Gasteiger partial charge in [0.05, 0.1) is 11.6 Å². The summed E-state index contributed by atoms with van der Waals surface area (Å²) in [6.07, 6.45) is 4.76. The first kappa shape index (κ1) is 15.2. The van der Waals surface area contributed by atoms with Crippen molar-refractivity contribution in [1.82, 2.24) is 10.6 Å². The number of aliphatic hydroxyl groups is 1. The highest BCUT2D eigenvalue weighted by Crippen LogP contribution is 2.32. The van der Waals surface area contributed by atoms with Gasteiger partial charge in [0.15, 0.2) is 0 Å². The van der Waals surface area contributed by atoms with E-state index in [1.165, 1.54) is 6.42 Å². The lowest BCUT2D eigenvalue weighted by molar-refractivity contribution is 0.00711. The fourth-order valence-corrected chi connectivity index (χ4v) is 3.29. The zero-order chi connectivity index (χ0) is 15.6. The molecule has 0 spiro atoms. The second-order valence-electron chi connectivity index (χ2n) is 6.52. The average molecular weight is 304 g/mol. The van der Waals surface area contributed by atoms with Gasteiger partial charge in [0, 0.05) is 12.1 Å². The molecule has 1 fully saturated rings. The van der Waals surface area contributed by atoms with Gasteiger partial charge in [-0.05, 0) is 25.8 Å². The molecule has 5 nitrogen and oxygen atoms in total. The molecule has 0 bridgehead atoms. The van der Waals surface area contributed by atoms with Crippen LogP contribution in [0.2, 0.25) is 0 Å². The van der Waals surface area contributed by atoms with Crippen LogP contribution in [0.15, 0.2) is 18.2 Å². The van der Waals surface area contributed by atoms with Crippen molar-refractivity contribution in [3.8, 4) is 5.75 Å². The Morgan fingerprint density at radius 2 is 2.14 bits per heavy atom. The summed E-state index contributed by atoms with van der Waals surface area (Å²) in [6, 6.07) is 5.61. The highest BCUT2D eigenvalue weighted by atomic mass is 16.5. The van der Waals surface area contributed by atoms with Gasteiger partial charge in [0.2, 0.25) is 0 Å². The number of rotatable bonds is 3. The van der Waals surface area contributed by atoms with E-state index in [1.807, 2.05) is 25.1 Å². The van der Waals surface area contributed by atoms with Gasteiger partial charge < -0.3 is 20.5 Å². The van der Waals surface area contributed by atoms with Gasteiger partial charge in [0.25, 0.3) is 0 Å². The minimum absolute atomic E-state index is 0.129. The maximum absolute atomic E-state index is 12.1. The van der Waals surface area contributed by atoms with E-state index in [1.54, 1.807) is 0 Å². The van der Waals surface area contributed by atoms with Crippen molar-refractivity contribution in [1.29, 1.82) is 0 Å². The summed E-state index contributed by atoms with van der Waals surface area (Å²) in [7, 11) is 0. The highest BCUT2D eigenvalue weighted by Gasteiger charge is 2.30. The van der Waals surface area contributed by atoms with Gasteiger partial charge in [0.1, 0.15) is 12.4 Å². The van der Waals surface area contributed by atoms with Gasteiger partial charge in [-0.2, -0.15) is 0 Å². The molecule has 1 atom stereocenters. The maximum atomic E-state index is 12.1. The zero-order valence-electron chi connectivity index (χ0n) is 13.0. The molecule has 3 rings (SSSR count). The lowest BCUT2D eigenvalue weighted by Crippen LogP contribution is -2.48. The Bertz CT molecular complexity index is 553. The molecule has 2 amide bonds. The van der Waals surface area contributed by atoms with E-state index in [4.69, 9.17) is 4.74 Å². The van der Waals surface area contributed by atoms with Crippen LogP contribution in [0.5, 0.6) is 5.75 Å². The van der Waals surface area contributed by atoms with Crippen molar-refractivity contribution in [2.45, 2.75) is 50.7 Å². The molecular weight excluding hydrogens is 280 g/mol. The molecule has 1 aliphatic carbocycles. The number of amides is 2. The van der Waals surface area contributed by atoms with Crippen molar-refractivity contribution in [2.75, 3.05) is 13.2 Å². The summed E-state index contributed by atoms with van der Waals surface area (Å²) in [4.78, 5) is 12.1. The molecule has 0 radical (unpaired) electrons. The summed E-state index contributed by atoms with van der Waals surface area (Å²) >= 11 is 0. The quantitative estimate of drug-likeness (QED) is 0.803. The summed E-state index contributed by atoms with van der Waals surface area (Å²) in [5.74, 6) is 0.835. The fourth-order valence-electron chi connectivity index (χ4n) is 3.29. The second kappa shape index (κ2) is 6.16. The number of carbonyl (C=O) groups is 1. The zero-order valence-corrected chi connectivity index (χ0v) is 13.0. The van der Waals surface area contributed by atoms with Gasteiger partial charge >= 0.3 is 6.03 Å². The molecular formula is C17H24N2O3. The monoisotopic (exact) mass is 304 g/mol.